The van der Waals surface area contributed by atoms with Gasteiger partial charge in [-0.2, -0.15) is 0 Å². The molecule has 2 aromatic rings. The van der Waals surface area contributed by atoms with Gasteiger partial charge in [-0.3, -0.25) is 14.4 Å². The molecule has 5 rings (SSSR count). The lowest BCUT2D eigenvalue weighted by atomic mass is 9.72. The molecule has 0 unspecified atom stereocenters. The van der Waals surface area contributed by atoms with Gasteiger partial charge in [0.05, 0.1) is 19.2 Å². The van der Waals surface area contributed by atoms with Gasteiger partial charge in [-0.15, -0.1) is 0 Å². The Morgan fingerprint density at radius 3 is 2.82 bits per heavy atom. The van der Waals surface area contributed by atoms with Crippen LogP contribution in [0.15, 0.2) is 48.5 Å². The highest BCUT2D eigenvalue weighted by Gasteiger charge is 2.61. The average molecular weight is 463 g/mol. The summed E-state index contributed by atoms with van der Waals surface area (Å²) in [5.41, 5.74) is 1.53. The molecule has 34 heavy (non-hydrogen) atoms. The summed E-state index contributed by atoms with van der Waals surface area (Å²) in [6, 6.07) is 14.9. The van der Waals surface area contributed by atoms with Gasteiger partial charge in [-0.05, 0) is 56.3 Å². The standard InChI is InChI=1S/C26H30N4O4/c1-28(2)17-23(32)29-13-11-26-20-9-3-4-10-21(20)30(25(26)33)16-22(31)27-12-6-14-34-19-8-5-7-18(15-19)24(26)29/h3-5,7-10,15,24H,6,11-14,16-17H2,1-2H3,(H,27,31)/t24-,26+/m0/s1. The molecule has 0 aliphatic carbocycles. The summed E-state index contributed by atoms with van der Waals surface area (Å²) in [6.07, 6.45) is 1.15. The van der Waals surface area contributed by atoms with Gasteiger partial charge in [0.15, 0.2) is 0 Å². The smallest absolute Gasteiger partial charge is 0.240 e. The second kappa shape index (κ2) is 8.76. The number of ether oxygens (including phenoxy) is 1. The minimum atomic E-state index is -0.957. The minimum absolute atomic E-state index is 0.0270. The van der Waals surface area contributed by atoms with Crippen molar-refractivity contribution in [3.8, 4) is 5.75 Å². The molecule has 1 fully saturated rings. The first kappa shape index (κ1) is 22.4. The van der Waals surface area contributed by atoms with Crippen LogP contribution in [0.5, 0.6) is 5.75 Å². The molecule has 8 nitrogen and oxygen atoms in total. The van der Waals surface area contributed by atoms with Crippen LogP contribution in [0.25, 0.3) is 0 Å². The van der Waals surface area contributed by atoms with Gasteiger partial charge < -0.3 is 24.8 Å². The third-order valence-corrected chi connectivity index (χ3v) is 6.99. The van der Waals surface area contributed by atoms with Crippen molar-refractivity contribution >= 4 is 23.4 Å². The number of carbonyl (C=O) groups is 3. The highest BCUT2D eigenvalue weighted by molar-refractivity contribution is 6.12. The molecule has 0 saturated carbocycles. The molecular weight excluding hydrogens is 432 g/mol. The van der Waals surface area contributed by atoms with E-state index >= 15 is 0 Å². The lowest BCUT2D eigenvalue weighted by Crippen LogP contribution is -2.48. The van der Waals surface area contributed by atoms with Gasteiger partial charge in [-0.25, -0.2) is 0 Å². The maximum Gasteiger partial charge on any atom is 0.240 e. The molecule has 1 saturated heterocycles. The lowest BCUT2D eigenvalue weighted by Gasteiger charge is -2.35. The van der Waals surface area contributed by atoms with E-state index in [2.05, 4.69) is 5.32 Å². The number of nitrogens with one attached hydrogen (secondary N) is 1. The van der Waals surface area contributed by atoms with Gasteiger partial charge in [0.25, 0.3) is 0 Å². The molecule has 3 aliphatic heterocycles. The third-order valence-electron chi connectivity index (χ3n) is 6.99. The second-order valence-corrected chi connectivity index (χ2v) is 9.48. The van der Waals surface area contributed by atoms with E-state index < -0.39 is 11.5 Å². The van der Waals surface area contributed by atoms with E-state index in [0.29, 0.717) is 38.3 Å². The van der Waals surface area contributed by atoms with Crippen LogP contribution in [-0.2, 0) is 19.8 Å². The van der Waals surface area contributed by atoms with E-state index in [9.17, 15) is 14.4 Å². The highest BCUT2D eigenvalue weighted by Crippen LogP contribution is 2.56. The fourth-order valence-corrected chi connectivity index (χ4v) is 5.60. The first-order chi connectivity index (χ1) is 16.4. The maximum atomic E-state index is 14.2. The molecule has 2 atom stereocenters. The van der Waals surface area contributed by atoms with E-state index in [-0.39, 0.29) is 30.8 Å². The van der Waals surface area contributed by atoms with Crippen LogP contribution in [0.2, 0.25) is 0 Å². The molecule has 1 N–H and O–H groups in total. The van der Waals surface area contributed by atoms with Gasteiger partial charge in [-0.1, -0.05) is 30.3 Å². The second-order valence-electron chi connectivity index (χ2n) is 9.48. The van der Waals surface area contributed by atoms with Crippen LogP contribution in [0.3, 0.4) is 0 Å². The number of hydrogen-bond donors (Lipinski definition) is 1. The van der Waals surface area contributed by atoms with E-state index in [0.717, 1.165) is 16.8 Å². The number of hydrogen-bond acceptors (Lipinski definition) is 5. The lowest BCUT2D eigenvalue weighted by molar-refractivity contribution is -0.134. The normalized spacial score (nSPS) is 24.3. The SMILES string of the molecule is CN(C)CC(=O)N1CC[C@]23C(=O)N(CC(=O)NCCCOc4cccc(c4)[C@H]12)c1ccccc13. The van der Waals surface area contributed by atoms with Crippen LogP contribution < -0.4 is 15.0 Å². The third kappa shape index (κ3) is 3.62. The zero-order chi connectivity index (χ0) is 23.9. The van der Waals surface area contributed by atoms with Crippen LogP contribution in [0.1, 0.15) is 30.0 Å². The van der Waals surface area contributed by atoms with Crippen molar-refractivity contribution < 1.29 is 19.1 Å². The molecule has 1 spiro atoms. The van der Waals surface area contributed by atoms with E-state index in [4.69, 9.17) is 4.74 Å². The molecule has 0 radical (unpaired) electrons. The molecule has 2 aromatic carbocycles. The van der Waals surface area contributed by atoms with Crippen LogP contribution in [0, 0.1) is 0 Å². The topological polar surface area (TPSA) is 82.2 Å². The summed E-state index contributed by atoms with van der Waals surface area (Å²) in [4.78, 5) is 45.6. The van der Waals surface area contributed by atoms with Crippen molar-refractivity contribution in [2.75, 3.05) is 51.8 Å². The fraction of sp³-hybridized carbons (Fsp3) is 0.423. The maximum absolute atomic E-state index is 14.2. The number of fused-ring (bicyclic) bond motifs is 6. The molecule has 178 valence electrons. The Morgan fingerprint density at radius 2 is 2.00 bits per heavy atom. The number of likely N-dealkylation sites (N-methyl/N-ethyl adjacent to an activating group) is 1. The number of likely N-dealkylation sites (tertiary alicyclic amines) is 1. The first-order valence-electron chi connectivity index (χ1n) is 11.8. The zero-order valence-electron chi connectivity index (χ0n) is 19.6. The Hall–Kier alpha value is -3.39. The summed E-state index contributed by atoms with van der Waals surface area (Å²) in [5.74, 6) is 0.336. The Morgan fingerprint density at radius 1 is 1.18 bits per heavy atom. The van der Waals surface area contributed by atoms with E-state index in [1.54, 1.807) is 4.90 Å². The Kier molecular flexibility index (Phi) is 5.77. The molecule has 4 bridgehead atoms. The minimum Gasteiger partial charge on any atom is -0.494 e. The number of amides is 3. The van der Waals surface area contributed by atoms with Gasteiger partial charge >= 0.3 is 0 Å². The van der Waals surface area contributed by atoms with Crippen molar-refractivity contribution in [2.45, 2.75) is 24.3 Å². The average Bonchev–Trinajstić information content (AvgIpc) is 3.32. The summed E-state index contributed by atoms with van der Waals surface area (Å²) in [7, 11) is 3.73. The van der Waals surface area contributed by atoms with Crippen LogP contribution >= 0.6 is 0 Å². The fourth-order valence-electron chi connectivity index (χ4n) is 5.60. The Bertz CT molecular complexity index is 1130. The predicted molar refractivity (Wildman–Crippen MR) is 128 cm³/mol. The molecule has 3 aliphatic rings. The highest BCUT2D eigenvalue weighted by atomic mass is 16.5. The van der Waals surface area contributed by atoms with Crippen molar-refractivity contribution in [3.63, 3.8) is 0 Å². The van der Waals surface area contributed by atoms with E-state index in [1.807, 2.05) is 72.4 Å². The van der Waals surface area contributed by atoms with Crippen molar-refractivity contribution in [2.24, 2.45) is 0 Å². The number of anilines is 1. The molecule has 8 heteroatoms. The van der Waals surface area contributed by atoms with Gasteiger partial charge in [0.1, 0.15) is 17.7 Å². The molecule has 3 amide bonds. The number of carbonyl (C=O) groups excluding carboxylic acids is 3. The monoisotopic (exact) mass is 462 g/mol. The van der Waals surface area contributed by atoms with Gasteiger partial charge in [0, 0.05) is 18.8 Å². The van der Waals surface area contributed by atoms with E-state index in [1.165, 1.54) is 0 Å². The van der Waals surface area contributed by atoms with Crippen molar-refractivity contribution in [1.82, 2.24) is 15.1 Å². The molecule has 3 heterocycles. The number of rotatable bonds is 2. The summed E-state index contributed by atoms with van der Waals surface area (Å²) >= 11 is 0. The zero-order valence-corrected chi connectivity index (χ0v) is 19.6. The summed E-state index contributed by atoms with van der Waals surface area (Å²) in [5, 5.41) is 2.90. The predicted octanol–water partition coefficient (Wildman–Crippen LogP) is 1.70. The quantitative estimate of drug-likeness (QED) is 0.735. The Balaban J connectivity index is 1.70. The van der Waals surface area contributed by atoms with Crippen molar-refractivity contribution in [1.29, 1.82) is 0 Å². The van der Waals surface area contributed by atoms with Crippen LogP contribution in [0.4, 0.5) is 5.69 Å². The number of benzene rings is 2. The number of para-hydroxylation sites is 1. The van der Waals surface area contributed by atoms with Crippen LogP contribution in [-0.4, -0.2) is 74.4 Å². The summed E-state index contributed by atoms with van der Waals surface area (Å²) < 4.78 is 5.95. The van der Waals surface area contributed by atoms with Crippen molar-refractivity contribution in [3.05, 3.63) is 59.7 Å². The summed E-state index contributed by atoms with van der Waals surface area (Å²) in [6.45, 7) is 1.61. The molecule has 0 aromatic heterocycles. The Labute approximate surface area is 199 Å². The largest absolute Gasteiger partial charge is 0.494 e. The number of nitrogens with zero attached hydrogens (tertiary/aromatic N) is 3. The molecular formula is C26H30N4O4. The van der Waals surface area contributed by atoms with Gasteiger partial charge in [0.2, 0.25) is 17.7 Å². The first-order valence-corrected chi connectivity index (χ1v) is 11.8.